The normalized spacial score (nSPS) is 28.4. The van der Waals surface area contributed by atoms with Crippen LogP contribution in [0.1, 0.15) is 6.92 Å². The number of ether oxygens (including phenoxy) is 1. The molecule has 0 aromatic heterocycles. The van der Waals surface area contributed by atoms with E-state index in [1.54, 1.807) is 0 Å². The predicted molar refractivity (Wildman–Crippen MR) is 37.8 cm³/mol. The molecule has 0 amide bonds. The zero-order valence-electron chi connectivity index (χ0n) is 6.31. The van der Waals surface area contributed by atoms with Crippen LogP contribution in [0.5, 0.6) is 0 Å². The molecule has 12 heavy (non-hydrogen) atoms. The van der Waals surface area contributed by atoms with E-state index in [1.165, 1.54) is 6.92 Å². The Hall–Kier alpha value is -1.33. The Balaban J connectivity index is 2.70. The fourth-order valence-electron chi connectivity index (χ4n) is 0.977. The molecule has 2 unspecified atom stereocenters. The molecule has 63 valence electrons. The van der Waals surface area contributed by atoms with Crippen molar-refractivity contribution in [3.63, 3.8) is 0 Å². The SMILES string of the molecule is CC1C(=O)OC(=O)C1[B]C(=O)O. The lowest BCUT2D eigenvalue weighted by molar-refractivity contribution is -0.152. The van der Waals surface area contributed by atoms with Crippen LogP contribution in [0.4, 0.5) is 4.79 Å². The average Bonchev–Trinajstić information content (AvgIpc) is 2.16. The quantitative estimate of drug-likeness (QED) is 0.354. The summed E-state index contributed by atoms with van der Waals surface area (Å²) in [5.74, 6) is -4.29. The van der Waals surface area contributed by atoms with Crippen LogP contribution in [0, 0.1) is 5.92 Å². The van der Waals surface area contributed by atoms with Crippen LogP contribution in [-0.2, 0) is 14.3 Å². The summed E-state index contributed by atoms with van der Waals surface area (Å²) < 4.78 is 4.21. The molecule has 1 heterocycles. The molecular formula is C6H6BO5. The minimum atomic E-state index is -1.22. The lowest BCUT2D eigenvalue weighted by Gasteiger charge is -2.01. The molecule has 1 saturated heterocycles. The van der Waals surface area contributed by atoms with Gasteiger partial charge in [0.2, 0.25) is 5.87 Å². The molecule has 0 aliphatic carbocycles. The summed E-state index contributed by atoms with van der Waals surface area (Å²) in [5, 5.41) is 8.32. The smallest absolute Gasteiger partial charge is 0.316 e. The minimum absolute atomic E-state index is 0.664. The average molecular weight is 169 g/mol. The molecule has 0 aromatic rings. The van der Waals surface area contributed by atoms with E-state index in [0.29, 0.717) is 0 Å². The molecule has 0 aromatic carbocycles. The van der Waals surface area contributed by atoms with E-state index in [9.17, 15) is 14.4 Å². The number of carboxylic acid groups (broad SMARTS) is 1. The van der Waals surface area contributed by atoms with Gasteiger partial charge in [-0.2, -0.15) is 0 Å². The van der Waals surface area contributed by atoms with Crippen molar-refractivity contribution in [3.8, 4) is 0 Å². The van der Waals surface area contributed by atoms with Crippen molar-refractivity contribution in [2.45, 2.75) is 12.7 Å². The van der Waals surface area contributed by atoms with E-state index in [1.807, 2.05) is 0 Å². The Morgan fingerprint density at radius 3 is 2.42 bits per heavy atom. The first kappa shape index (κ1) is 8.77. The molecule has 1 rings (SSSR count). The summed E-state index contributed by atoms with van der Waals surface area (Å²) in [6.45, 7) is 1.46. The van der Waals surface area contributed by atoms with Crippen LogP contribution in [0.15, 0.2) is 0 Å². The van der Waals surface area contributed by atoms with Gasteiger partial charge in [0.1, 0.15) is 0 Å². The van der Waals surface area contributed by atoms with Gasteiger partial charge in [-0.25, -0.2) is 0 Å². The fraction of sp³-hybridized carbons (Fsp3) is 0.500. The Labute approximate surface area is 68.9 Å². The van der Waals surface area contributed by atoms with Gasteiger partial charge in [0.05, 0.1) is 11.7 Å². The van der Waals surface area contributed by atoms with E-state index < -0.39 is 29.5 Å². The standard InChI is InChI=1S/C6H6BO5/c1-2-3(7-6(10)11)5(9)12-4(2)8/h2-3H,1H3,(H,10,11). The van der Waals surface area contributed by atoms with Gasteiger partial charge in [-0.3, -0.25) is 14.4 Å². The molecule has 2 atom stereocenters. The highest BCUT2D eigenvalue weighted by atomic mass is 16.6. The largest absolute Gasteiger partial charge is 0.490 e. The highest BCUT2D eigenvalue weighted by molar-refractivity contribution is 6.75. The van der Waals surface area contributed by atoms with Crippen molar-refractivity contribution in [3.05, 3.63) is 0 Å². The zero-order valence-corrected chi connectivity index (χ0v) is 6.31. The number of cyclic esters (lactones) is 2. The topological polar surface area (TPSA) is 80.7 Å². The summed E-state index contributed by atoms with van der Waals surface area (Å²) >= 11 is 0. The summed E-state index contributed by atoms with van der Waals surface area (Å²) in [6, 6.07) is 0. The summed E-state index contributed by atoms with van der Waals surface area (Å²) in [6.07, 6.45) is 0. The van der Waals surface area contributed by atoms with Gasteiger partial charge in [-0.15, -0.1) is 0 Å². The van der Waals surface area contributed by atoms with Crippen molar-refractivity contribution < 1.29 is 24.2 Å². The second-order valence-electron chi connectivity index (χ2n) is 2.56. The van der Waals surface area contributed by atoms with Crippen LogP contribution in [0.3, 0.4) is 0 Å². The number of rotatable bonds is 2. The molecule has 0 saturated carbocycles. The van der Waals surface area contributed by atoms with Crippen molar-refractivity contribution in [1.29, 1.82) is 0 Å². The molecule has 1 radical (unpaired) electrons. The molecule has 6 heteroatoms. The molecular weight excluding hydrogens is 163 g/mol. The summed E-state index contributed by atoms with van der Waals surface area (Å²) in [4.78, 5) is 31.7. The number of hydrogen-bond acceptors (Lipinski definition) is 4. The first-order chi connectivity index (χ1) is 5.52. The number of carbonyl (C=O) groups excluding carboxylic acids is 2. The first-order valence-corrected chi connectivity index (χ1v) is 3.35. The summed E-state index contributed by atoms with van der Waals surface area (Å²) in [5.41, 5.74) is 0. The van der Waals surface area contributed by atoms with E-state index in [4.69, 9.17) is 5.11 Å². The molecule has 1 fully saturated rings. The van der Waals surface area contributed by atoms with Gasteiger partial charge >= 0.3 is 11.9 Å². The maximum atomic E-state index is 10.8. The molecule has 1 aliphatic heterocycles. The second kappa shape index (κ2) is 2.96. The Morgan fingerprint density at radius 1 is 1.50 bits per heavy atom. The van der Waals surface area contributed by atoms with Crippen molar-refractivity contribution >= 4 is 25.1 Å². The highest BCUT2D eigenvalue weighted by Gasteiger charge is 2.43. The van der Waals surface area contributed by atoms with Gasteiger partial charge in [-0.05, 0) is 0 Å². The Kier molecular flexibility index (Phi) is 2.17. The van der Waals surface area contributed by atoms with Crippen molar-refractivity contribution in [1.82, 2.24) is 0 Å². The van der Waals surface area contributed by atoms with E-state index in [0.717, 1.165) is 7.28 Å². The molecule has 5 nitrogen and oxygen atoms in total. The number of hydrogen-bond donors (Lipinski definition) is 1. The van der Waals surface area contributed by atoms with Crippen LogP contribution in [0.2, 0.25) is 5.82 Å². The maximum absolute atomic E-state index is 10.8. The van der Waals surface area contributed by atoms with E-state index >= 15 is 0 Å². The van der Waals surface area contributed by atoms with Crippen molar-refractivity contribution in [2.24, 2.45) is 5.92 Å². The van der Waals surface area contributed by atoms with Gasteiger partial charge in [-0.1, -0.05) is 6.92 Å². The summed E-state index contributed by atoms with van der Waals surface area (Å²) in [7, 11) is 0.776. The zero-order chi connectivity index (χ0) is 9.30. The first-order valence-electron chi connectivity index (χ1n) is 3.35. The minimum Gasteiger partial charge on any atom is -0.490 e. The third kappa shape index (κ3) is 1.47. The van der Waals surface area contributed by atoms with Gasteiger partial charge < -0.3 is 9.84 Å². The number of esters is 2. The number of carbonyl (C=O) groups is 3. The van der Waals surface area contributed by atoms with E-state index in [2.05, 4.69) is 4.74 Å². The Morgan fingerprint density at radius 2 is 2.08 bits per heavy atom. The van der Waals surface area contributed by atoms with Gasteiger partial charge in [0.25, 0.3) is 7.28 Å². The highest BCUT2D eigenvalue weighted by Crippen LogP contribution is 2.27. The predicted octanol–water partition coefficient (Wildman–Crippen LogP) is -0.123. The van der Waals surface area contributed by atoms with Crippen LogP contribution in [-0.4, -0.2) is 30.2 Å². The maximum Gasteiger partial charge on any atom is 0.316 e. The molecule has 1 aliphatic rings. The van der Waals surface area contributed by atoms with Gasteiger partial charge in [0, 0.05) is 0 Å². The van der Waals surface area contributed by atoms with Crippen LogP contribution < -0.4 is 0 Å². The fourth-order valence-corrected chi connectivity index (χ4v) is 0.977. The van der Waals surface area contributed by atoms with Crippen LogP contribution in [0.25, 0.3) is 0 Å². The lowest BCUT2D eigenvalue weighted by Crippen LogP contribution is -2.21. The second-order valence-corrected chi connectivity index (χ2v) is 2.56. The molecule has 0 bridgehead atoms. The monoisotopic (exact) mass is 169 g/mol. The third-order valence-electron chi connectivity index (χ3n) is 1.71. The van der Waals surface area contributed by atoms with Crippen molar-refractivity contribution in [2.75, 3.05) is 0 Å². The Bertz CT molecular complexity index is 248. The molecule has 0 spiro atoms. The third-order valence-corrected chi connectivity index (χ3v) is 1.71. The molecule has 1 N–H and O–H groups in total. The lowest BCUT2D eigenvalue weighted by atomic mass is 9.60. The van der Waals surface area contributed by atoms with Gasteiger partial charge in [0.15, 0.2) is 0 Å². The van der Waals surface area contributed by atoms with E-state index in [-0.39, 0.29) is 0 Å². The van der Waals surface area contributed by atoms with Crippen LogP contribution >= 0.6 is 0 Å².